The molecule has 116 valence electrons. The molecule has 2 rings (SSSR count). The molecule has 0 heterocycles. The van der Waals surface area contributed by atoms with Gasteiger partial charge in [0.05, 0.1) is 12.8 Å². The van der Waals surface area contributed by atoms with Gasteiger partial charge in [-0.2, -0.15) is 0 Å². The molecule has 2 aromatic rings. The number of nitrogens with two attached hydrogens (primary N) is 1. The highest BCUT2D eigenvalue weighted by molar-refractivity contribution is 5.94. The number of benzene rings is 2. The van der Waals surface area contributed by atoms with E-state index < -0.39 is 0 Å². The third-order valence-corrected chi connectivity index (χ3v) is 3.68. The first kappa shape index (κ1) is 16.0. The van der Waals surface area contributed by atoms with Crippen molar-refractivity contribution >= 4 is 11.6 Å². The van der Waals surface area contributed by atoms with Gasteiger partial charge in [-0.3, -0.25) is 4.79 Å². The number of para-hydroxylation sites is 2. The molecule has 0 saturated carbocycles. The number of amides is 1. The number of hydrogen-bond acceptors (Lipinski definition) is 2. The fourth-order valence-corrected chi connectivity index (χ4v) is 2.38. The smallest absolute Gasteiger partial charge is 0.282 e. The number of rotatable bonds is 6. The third kappa shape index (κ3) is 4.09. The zero-order valence-corrected chi connectivity index (χ0v) is 13.2. The van der Waals surface area contributed by atoms with Gasteiger partial charge >= 0.3 is 0 Å². The zero-order valence-electron chi connectivity index (χ0n) is 13.2. The molecule has 3 N–H and O–H groups in total. The van der Waals surface area contributed by atoms with Crippen LogP contribution in [0, 0.1) is 0 Å². The highest BCUT2D eigenvalue weighted by atomic mass is 16.5. The van der Waals surface area contributed by atoms with Gasteiger partial charge in [-0.05, 0) is 26.0 Å². The van der Waals surface area contributed by atoms with Crippen molar-refractivity contribution in [2.24, 2.45) is 0 Å². The van der Waals surface area contributed by atoms with Gasteiger partial charge in [-0.25, -0.2) is 0 Å². The van der Waals surface area contributed by atoms with Crippen molar-refractivity contribution in [3.8, 4) is 5.75 Å². The minimum Gasteiger partial charge on any atom is -0.495 e. The largest absolute Gasteiger partial charge is 0.495 e. The Balaban J connectivity index is 1.97. The van der Waals surface area contributed by atoms with Gasteiger partial charge in [0, 0.05) is 5.56 Å². The van der Waals surface area contributed by atoms with Crippen LogP contribution in [-0.4, -0.2) is 19.1 Å². The van der Waals surface area contributed by atoms with E-state index in [0.717, 1.165) is 0 Å². The van der Waals surface area contributed by atoms with E-state index in [9.17, 15) is 4.79 Å². The topological polar surface area (TPSA) is 54.9 Å². The lowest BCUT2D eigenvalue weighted by Crippen LogP contribution is -2.91. The van der Waals surface area contributed by atoms with Crippen LogP contribution < -0.4 is 15.4 Å². The van der Waals surface area contributed by atoms with Crippen LogP contribution in [0.15, 0.2) is 54.6 Å². The number of anilines is 1. The van der Waals surface area contributed by atoms with Crippen molar-refractivity contribution in [1.82, 2.24) is 0 Å². The quantitative estimate of drug-likeness (QED) is 0.860. The van der Waals surface area contributed by atoms with Crippen LogP contribution in [0.2, 0.25) is 0 Å². The molecular formula is C18H23N2O2+. The van der Waals surface area contributed by atoms with E-state index in [4.69, 9.17) is 4.74 Å². The average molecular weight is 299 g/mol. The van der Waals surface area contributed by atoms with E-state index in [0.29, 0.717) is 11.4 Å². The summed E-state index contributed by atoms with van der Waals surface area (Å²) < 4.78 is 5.25. The molecule has 0 saturated heterocycles. The van der Waals surface area contributed by atoms with Crippen molar-refractivity contribution in [3.05, 3.63) is 60.2 Å². The van der Waals surface area contributed by atoms with Crippen molar-refractivity contribution in [2.45, 2.75) is 25.9 Å². The SMILES string of the molecule is COc1ccccc1NC(=O)[C@H](C)[NH2+][C@@H](C)c1ccccc1. The van der Waals surface area contributed by atoms with Crippen molar-refractivity contribution < 1.29 is 14.8 Å². The Morgan fingerprint density at radius 1 is 1.05 bits per heavy atom. The summed E-state index contributed by atoms with van der Waals surface area (Å²) in [6, 6.07) is 17.6. The molecule has 0 bridgehead atoms. The van der Waals surface area contributed by atoms with Gasteiger partial charge < -0.3 is 15.4 Å². The van der Waals surface area contributed by atoms with Crippen LogP contribution in [0.3, 0.4) is 0 Å². The molecule has 22 heavy (non-hydrogen) atoms. The van der Waals surface area contributed by atoms with Gasteiger partial charge in [-0.1, -0.05) is 42.5 Å². The second kappa shape index (κ2) is 7.61. The van der Waals surface area contributed by atoms with Crippen LogP contribution in [0.25, 0.3) is 0 Å². The molecule has 0 spiro atoms. The molecule has 2 aromatic carbocycles. The Kier molecular flexibility index (Phi) is 5.55. The summed E-state index contributed by atoms with van der Waals surface area (Å²) in [5.41, 5.74) is 1.90. The predicted octanol–water partition coefficient (Wildman–Crippen LogP) is 2.35. The molecule has 0 aliphatic heterocycles. The highest BCUT2D eigenvalue weighted by Crippen LogP contribution is 2.22. The minimum atomic E-state index is -0.194. The molecule has 2 atom stereocenters. The summed E-state index contributed by atoms with van der Waals surface area (Å²) in [4.78, 5) is 12.3. The number of quaternary nitrogens is 1. The maximum absolute atomic E-state index is 12.3. The van der Waals surface area contributed by atoms with E-state index in [1.807, 2.05) is 49.4 Å². The van der Waals surface area contributed by atoms with Gasteiger partial charge in [0.15, 0.2) is 6.04 Å². The molecule has 0 radical (unpaired) electrons. The average Bonchev–Trinajstić information content (AvgIpc) is 2.56. The standard InChI is InChI=1S/C18H22N2O2/c1-13(15-9-5-4-6-10-15)19-14(2)18(21)20-16-11-7-8-12-17(16)22-3/h4-14,19H,1-3H3,(H,20,21)/p+1/t13-,14-/m0/s1. The summed E-state index contributed by atoms with van der Waals surface area (Å²) in [6.07, 6.45) is 0. The second-order valence-electron chi connectivity index (χ2n) is 5.37. The van der Waals surface area contributed by atoms with Gasteiger partial charge in [0.1, 0.15) is 11.8 Å². The Morgan fingerprint density at radius 2 is 1.68 bits per heavy atom. The van der Waals surface area contributed by atoms with Gasteiger partial charge in [-0.15, -0.1) is 0 Å². The maximum Gasteiger partial charge on any atom is 0.282 e. The number of methoxy groups -OCH3 is 1. The third-order valence-electron chi connectivity index (χ3n) is 3.68. The summed E-state index contributed by atoms with van der Waals surface area (Å²) in [6.45, 7) is 4.01. The van der Waals surface area contributed by atoms with E-state index in [2.05, 4.69) is 29.7 Å². The summed E-state index contributed by atoms with van der Waals surface area (Å²) in [5.74, 6) is 0.631. The summed E-state index contributed by atoms with van der Waals surface area (Å²) in [5, 5.41) is 4.98. The van der Waals surface area contributed by atoms with Crippen LogP contribution in [0.1, 0.15) is 25.5 Å². The first-order valence-corrected chi connectivity index (χ1v) is 7.45. The van der Waals surface area contributed by atoms with Crippen molar-refractivity contribution in [1.29, 1.82) is 0 Å². The molecule has 1 amide bonds. The molecule has 0 aliphatic rings. The van der Waals surface area contributed by atoms with E-state index in [1.165, 1.54) is 5.56 Å². The van der Waals surface area contributed by atoms with Crippen LogP contribution in [-0.2, 0) is 4.79 Å². The lowest BCUT2D eigenvalue weighted by Gasteiger charge is -2.17. The van der Waals surface area contributed by atoms with E-state index in [-0.39, 0.29) is 18.0 Å². The first-order valence-electron chi connectivity index (χ1n) is 7.45. The Labute approximate surface area is 131 Å². The molecular weight excluding hydrogens is 276 g/mol. The van der Waals surface area contributed by atoms with Gasteiger partial charge in [0.2, 0.25) is 0 Å². The molecule has 4 heteroatoms. The fraction of sp³-hybridized carbons (Fsp3) is 0.278. The lowest BCUT2D eigenvalue weighted by atomic mass is 10.1. The van der Waals surface area contributed by atoms with Gasteiger partial charge in [0.25, 0.3) is 5.91 Å². The number of ether oxygens (including phenoxy) is 1. The molecule has 0 fully saturated rings. The minimum absolute atomic E-state index is 0.0349. The zero-order chi connectivity index (χ0) is 15.9. The summed E-state index contributed by atoms with van der Waals surface area (Å²) >= 11 is 0. The normalized spacial score (nSPS) is 13.2. The van der Waals surface area contributed by atoms with Crippen LogP contribution >= 0.6 is 0 Å². The van der Waals surface area contributed by atoms with Crippen molar-refractivity contribution in [3.63, 3.8) is 0 Å². The predicted molar refractivity (Wildman–Crippen MR) is 87.9 cm³/mol. The second-order valence-corrected chi connectivity index (χ2v) is 5.37. The highest BCUT2D eigenvalue weighted by Gasteiger charge is 2.21. The first-order chi connectivity index (χ1) is 10.6. The number of carbonyl (C=O) groups excluding carboxylic acids is 1. The molecule has 0 aliphatic carbocycles. The monoisotopic (exact) mass is 299 g/mol. The maximum atomic E-state index is 12.3. The Hall–Kier alpha value is -2.33. The van der Waals surface area contributed by atoms with Crippen LogP contribution in [0.4, 0.5) is 5.69 Å². The number of hydrogen-bond donors (Lipinski definition) is 2. The molecule has 4 nitrogen and oxygen atoms in total. The molecule has 0 aromatic heterocycles. The Bertz CT molecular complexity index is 613. The van der Waals surface area contributed by atoms with E-state index in [1.54, 1.807) is 7.11 Å². The molecule has 0 unspecified atom stereocenters. The number of carbonyl (C=O) groups is 1. The summed E-state index contributed by atoms with van der Waals surface area (Å²) in [7, 11) is 1.60. The lowest BCUT2D eigenvalue weighted by molar-refractivity contribution is -0.709. The van der Waals surface area contributed by atoms with E-state index >= 15 is 0 Å². The number of nitrogens with one attached hydrogen (secondary N) is 1. The van der Waals surface area contributed by atoms with Crippen LogP contribution in [0.5, 0.6) is 5.75 Å². The fourth-order valence-electron chi connectivity index (χ4n) is 2.38. The van der Waals surface area contributed by atoms with Crippen molar-refractivity contribution in [2.75, 3.05) is 12.4 Å². The Morgan fingerprint density at radius 3 is 2.36 bits per heavy atom.